The SMILES string of the molecule is COc1ccc(C(=O)Nc2cc(Cn3cc(O)n(-c4ccc(S(=O)(=O)C(F)(F)F)cc4)c3=O)ccn2)cc1. The minimum atomic E-state index is -5.56. The van der Waals surface area contributed by atoms with Crippen LogP contribution in [-0.4, -0.2) is 46.2 Å². The van der Waals surface area contributed by atoms with E-state index >= 15 is 0 Å². The van der Waals surface area contributed by atoms with Crippen LogP contribution < -0.4 is 15.7 Å². The fourth-order valence-electron chi connectivity index (χ4n) is 3.51. The van der Waals surface area contributed by atoms with Crippen molar-refractivity contribution in [3.63, 3.8) is 0 Å². The first kappa shape index (κ1) is 26.5. The molecule has 0 saturated heterocycles. The Morgan fingerprint density at radius 1 is 1.08 bits per heavy atom. The molecule has 0 radical (unpaired) electrons. The molecular weight excluding hydrogens is 529 g/mol. The molecule has 1 amide bonds. The molecule has 2 heterocycles. The summed E-state index contributed by atoms with van der Waals surface area (Å²) in [7, 11) is -4.06. The van der Waals surface area contributed by atoms with E-state index in [1.54, 1.807) is 30.3 Å². The summed E-state index contributed by atoms with van der Waals surface area (Å²) in [6.07, 6.45) is 2.53. The summed E-state index contributed by atoms with van der Waals surface area (Å²) in [5, 5.41) is 12.9. The highest BCUT2D eigenvalue weighted by atomic mass is 32.2. The van der Waals surface area contributed by atoms with Crippen LogP contribution in [0, 0.1) is 0 Å². The first-order chi connectivity index (χ1) is 17.9. The minimum absolute atomic E-state index is 0.0467. The number of aromatic nitrogens is 3. The van der Waals surface area contributed by atoms with Crippen LogP contribution in [-0.2, 0) is 16.4 Å². The number of pyridine rings is 1. The van der Waals surface area contributed by atoms with Gasteiger partial charge in [0.15, 0.2) is 0 Å². The van der Waals surface area contributed by atoms with Crippen molar-refractivity contribution in [2.45, 2.75) is 16.9 Å². The van der Waals surface area contributed by atoms with E-state index in [1.807, 2.05) is 0 Å². The van der Waals surface area contributed by atoms with Gasteiger partial charge in [0.25, 0.3) is 15.7 Å². The van der Waals surface area contributed by atoms with Crippen LogP contribution in [0.2, 0.25) is 0 Å². The van der Waals surface area contributed by atoms with Gasteiger partial charge in [0, 0.05) is 11.8 Å². The highest BCUT2D eigenvalue weighted by Gasteiger charge is 2.46. The Morgan fingerprint density at radius 3 is 2.34 bits per heavy atom. The number of rotatable bonds is 7. The third-order valence-corrected chi connectivity index (χ3v) is 6.92. The molecule has 2 N–H and O–H groups in total. The minimum Gasteiger partial charge on any atom is -0.497 e. The molecule has 0 aliphatic carbocycles. The van der Waals surface area contributed by atoms with E-state index in [0.29, 0.717) is 29.0 Å². The van der Waals surface area contributed by atoms with Crippen LogP contribution in [0.4, 0.5) is 19.0 Å². The van der Waals surface area contributed by atoms with E-state index < -0.39 is 37.7 Å². The Bertz CT molecular complexity index is 1640. The number of amides is 1. The van der Waals surface area contributed by atoms with Crippen molar-refractivity contribution in [2.24, 2.45) is 0 Å². The van der Waals surface area contributed by atoms with Gasteiger partial charge in [0.2, 0.25) is 5.88 Å². The van der Waals surface area contributed by atoms with Crippen LogP contribution in [0.3, 0.4) is 0 Å². The molecule has 198 valence electrons. The van der Waals surface area contributed by atoms with Gasteiger partial charge in [-0.05, 0) is 66.2 Å². The van der Waals surface area contributed by atoms with Gasteiger partial charge in [-0.3, -0.25) is 9.36 Å². The van der Waals surface area contributed by atoms with Crippen molar-refractivity contribution in [1.82, 2.24) is 14.1 Å². The average molecular weight is 548 g/mol. The molecule has 0 spiro atoms. The number of benzene rings is 2. The summed E-state index contributed by atoms with van der Waals surface area (Å²) < 4.78 is 68.4. The van der Waals surface area contributed by atoms with Gasteiger partial charge in [0.1, 0.15) is 11.6 Å². The van der Waals surface area contributed by atoms with Gasteiger partial charge in [-0.25, -0.2) is 22.8 Å². The molecule has 0 bridgehead atoms. The zero-order valence-electron chi connectivity index (χ0n) is 19.5. The number of carbonyl (C=O) groups excluding carboxylic acids is 1. The third kappa shape index (κ3) is 5.25. The number of carbonyl (C=O) groups is 1. The Hall–Kier alpha value is -4.59. The molecule has 0 unspecified atom stereocenters. The molecule has 0 aliphatic rings. The number of nitrogens with zero attached hydrogens (tertiary/aromatic N) is 3. The first-order valence-corrected chi connectivity index (χ1v) is 12.2. The predicted molar refractivity (Wildman–Crippen MR) is 129 cm³/mol. The van der Waals surface area contributed by atoms with Crippen molar-refractivity contribution in [1.29, 1.82) is 0 Å². The summed E-state index contributed by atoms with van der Waals surface area (Å²) in [6, 6.07) is 12.9. The van der Waals surface area contributed by atoms with Crippen molar-refractivity contribution < 1.29 is 36.2 Å². The number of methoxy groups -OCH3 is 1. The number of imidazole rings is 1. The largest absolute Gasteiger partial charge is 0.501 e. The number of hydrogen-bond acceptors (Lipinski definition) is 7. The smallest absolute Gasteiger partial charge is 0.497 e. The maximum absolute atomic E-state index is 12.9. The first-order valence-electron chi connectivity index (χ1n) is 10.7. The summed E-state index contributed by atoms with van der Waals surface area (Å²) in [5.41, 5.74) is -5.36. The highest BCUT2D eigenvalue weighted by molar-refractivity contribution is 7.92. The van der Waals surface area contributed by atoms with Crippen LogP contribution >= 0.6 is 0 Å². The molecule has 38 heavy (non-hydrogen) atoms. The fourth-order valence-corrected chi connectivity index (χ4v) is 4.27. The van der Waals surface area contributed by atoms with Crippen molar-refractivity contribution in [2.75, 3.05) is 12.4 Å². The second-order valence-electron chi connectivity index (χ2n) is 7.91. The summed E-state index contributed by atoms with van der Waals surface area (Å²) in [6.45, 7) is -0.0478. The second-order valence-corrected chi connectivity index (χ2v) is 9.85. The Kier molecular flexibility index (Phi) is 7.00. The number of nitrogens with one attached hydrogen (secondary N) is 1. The maximum Gasteiger partial charge on any atom is 0.501 e. The summed E-state index contributed by atoms with van der Waals surface area (Å²) >= 11 is 0. The second kappa shape index (κ2) is 10.0. The third-order valence-electron chi connectivity index (χ3n) is 5.42. The van der Waals surface area contributed by atoms with E-state index in [4.69, 9.17) is 4.74 Å². The molecule has 2 aromatic carbocycles. The lowest BCUT2D eigenvalue weighted by molar-refractivity contribution is -0.0436. The lowest BCUT2D eigenvalue weighted by Crippen LogP contribution is -2.24. The van der Waals surface area contributed by atoms with E-state index in [9.17, 15) is 36.3 Å². The van der Waals surface area contributed by atoms with Gasteiger partial charge >= 0.3 is 11.2 Å². The fraction of sp³-hybridized carbons (Fsp3) is 0.125. The number of aromatic hydroxyl groups is 1. The molecule has 0 aliphatic heterocycles. The molecule has 0 saturated carbocycles. The van der Waals surface area contributed by atoms with Crippen molar-refractivity contribution in [3.8, 4) is 17.3 Å². The average Bonchev–Trinajstić information content (AvgIpc) is 3.16. The van der Waals surface area contributed by atoms with Crippen molar-refractivity contribution in [3.05, 3.63) is 94.7 Å². The van der Waals surface area contributed by atoms with Crippen molar-refractivity contribution >= 4 is 21.6 Å². The van der Waals surface area contributed by atoms with Crippen LogP contribution in [0.5, 0.6) is 11.6 Å². The van der Waals surface area contributed by atoms with Gasteiger partial charge < -0.3 is 15.2 Å². The molecular formula is C24H19F3N4O6S. The summed E-state index contributed by atoms with van der Waals surface area (Å²) in [5.74, 6) is -0.149. The Morgan fingerprint density at radius 2 is 1.74 bits per heavy atom. The number of alkyl halides is 3. The highest BCUT2D eigenvalue weighted by Crippen LogP contribution is 2.30. The van der Waals surface area contributed by atoms with Gasteiger partial charge in [-0.15, -0.1) is 0 Å². The van der Waals surface area contributed by atoms with Gasteiger partial charge in [0.05, 0.1) is 30.4 Å². The van der Waals surface area contributed by atoms with E-state index in [2.05, 4.69) is 10.3 Å². The quantitative estimate of drug-likeness (QED) is 0.362. The Balaban J connectivity index is 1.54. The van der Waals surface area contributed by atoms with Crippen LogP contribution in [0.15, 0.2) is 82.7 Å². The number of hydrogen-bond donors (Lipinski definition) is 2. The van der Waals surface area contributed by atoms with E-state index in [0.717, 1.165) is 27.5 Å². The zero-order chi connectivity index (χ0) is 27.7. The van der Waals surface area contributed by atoms with E-state index in [1.165, 1.54) is 19.4 Å². The molecule has 0 atom stereocenters. The monoisotopic (exact) mass is 548 g/mol. The molecule has 0 fully saturated rings. The molecule has 4 rings (SSSR count). The van der Waals surface area contributed by atoms with Crippen LogP contribution in [0.1, 0.15) is 15.9 Å². The molecule has 10 nitrogen and oxygen atoms in total. The number of anilines is 1. The van der Waals surface area contributed by atoms with Gasteiger partial charge in [-0.1, -0.05) is 0 Å². The maximum atomic E-state index is 12.9. The Labute approximate surface area is 213 Å². The van der Waals surface area contributed by atoms with Crippen LogP contribution in [0.25, 0.3) is 5.69 Å². The lowest BCUT2D eigenvalue weighted by Gasteiger charge is -2.09. The molecule has 4 aromatic rings. The summed E-state index contributed by atoms with van der Waals surface area (Å²) in [4.78, 5) is 28.5. The normalized spacial score (nSPS) is 11.8. The molecule has 14 heteroatoms. The number of sulfone groups is 1. The van der Waals surface area contributed by atoms with Gasteiger partial charge in [-0.2, -0.15) is 13.2 Å². The topological polar surface area (TPSA) is 133 Å². The standard InChI is InChI=1S/C24H19F3N4O6S/c1-37-18-6-2-16(3-7-18)22(33)29-20-12-15(10-11-28-20)13-30-14-21(32)31(23(30)34)17-4-8-19(9-5-17)38(35,36)24(25,26)27/h2-12,14,32H,13H2,1H3,(H,28,29,33). The lowest BCUT2D eigenvalue weighted by atomic mass is 10.2. The number of ether oxygens (including phenoxy) is 1. The van der Waals surface area contributed by atoms with E-state index in [-0.39, 0.29) is 18.1 Å². The number of halogens is 3. The zero-order valence-corrected chi connectivity index (χ0v) is 20.3. The molecule has 2 aromatic heterocycles. The predicted octanol–water partition coefficient (Wildman–Crippen LogP) is 3.34.